The molecule has 0 saturated heterocycles. The summed E-state index contributed by atoms with van der Waals surface area (Å²) < 4.78 is 0.488. The van der Waals surface area contributed by atoms with Gasteiger partial charge in [-0.1, -0.05) is 29.2 Å². The van der Waals surface area contributed by atoms with Gasteiger partial charge in [0.05, 0.1) is 10.8 Å². The van der Waals surface area contributed by atoms with Gasteiger partial charge in [-0.05, 0) is 23.7 Å². The summed E-state index contributed by atoms with van der Waals surface area (Å²) >= 11 is 8.69. The van der Waals surface area contributed by atoms with E-state index in [1.807, 2.05) is 18.2 Å². The van der Waals surface area contributed by atoms with Gasteiger partial charge < -0.3 is 0 Å². The zero-order valence-electron chi connectivity index (χ0n) is 7.05. The van der Waals surface area contributed by atoms with E-state index in [-0.39, 0.29) is 0 Å². The first-order chi connectivity index (χ1) is 6.84. The van der Waals surface area contributed by atoms with Crippen LogP contribution < -0.4 is 0 Å². The molecule has 0 radical (unpaired) electrons. The summed E-state index contributed by atoms with van der Waals surface area (Å²) in [4.78, 5) is 4.19. The number of nitrogens with zero attached hydrogens (tertiary/aromatic N) is 3. The summed E-state index contributed by atoms with van der Waals surface area (Å²) in [5, 5.41) is 9.55. The minimum atomic E-state index is 0.488. The average Bonchev–Trinajstić information content (AvgIpc) is 2.63. The van der Waals surface area contributed by atoms with Crippen LogP contribution in [0.4, 0.5) is 0 Å². The second-order valence-electron chi connectivity index (χ2n) is 2.41. The van der Waals surface area contributed by atoms with Gasteiger partial charge in [-0.3, -0.25) is 0 Å². The topological polar surface area (TPSA) is 38.7 Å². The highest BCUT2D eigenvalue weighted by atomic mass is 35.5. The molecule has 2 rings (SSSR count). The zero-order valence-corrected chi connectivity index (χ0v) is 9.44. The lowest BCUT2D eigenvalue weighted by molar-refractivity contribution is 1.04. The Morgan fingerprint density at radius 2 is 2.29 bits per heavy atom. The third kappa shape index (κ3) is 2.67. The number of aromatic nitrogens is 3. The predicted octanol–water partition coefficient (Wildman–Crippen LogP) is 2.88. The molecule has 0 aliphatic heterocycles. The van der Waals surface area contributed by atoms with Crippen molar-refractivity contribution in [3.63, 3.8) is 0 Å². The molecule has 0 bridgehead atoms. The summed E-state index contributed by atoms with van der Waals surface area (Å²) in [6, 6.07) is 5.82. The molecule has 0 amide bonds. The first-order valence-corrected chi connectivity index (χ1v) is 6.04. The smallest absolute Gasteiger partial charge is 0.207 e. The van der Waals surface area contributed by atoms with Crippen LogP contribution in [-0.4, -0.2) is 15.2 Å². The van der Waals surface area contributed by atoms with Crippen LogP contribution in [0.5, 0.6) is 0 Å². The maximum Gasteiger partial charge on any atom is 0.207 e. The molecule has 0 aliphatic carbocycles. The number of halogens is 1. The van der Waals surface area contributed by atoms with E-state index in [1.54, 1.807) is 18.0 Å². The van der Waals surface area contributed by atoms with Gasteiger partial charge in [0.2, 0.25) is 4.47 Å². The molecule has 2 aromatic heterocycles. The molecule has 0 saturated carbocycles. The molecule has 6 heteroatoms. The Labute approximate surface area is 94.5 Å². The molecule has 0 aromatic carbocycles. The lowest BCUT2D eigenvalue weighted by atomic mass is 10.5. The van der Waals surface area contributed by atoms with Crippen molar-refractivity contribution in [2.24, 2.45) is 0 Å². The van der Waals surface area contributed by atoms with Crippen LogP contribution >= 0.6 is 34.7 Å². The molecule has 14 heavy (non-hydrogen) atoms. The Balaban J connectivity index is 1.95. The summed E-state index contributed by atoms with van der Waals surface area (Å²) in [6.45, 7) is 0. The Kier molecular flexibility index (Phi) is 3.34. The number of rotatable bonds is 3. The standard InChI is InChI=1S/C8H6ClN3S2/c9-8-12-11-7(14-8)5-13-6-3-1-2-4-10-6/h1-4H,5H2. The van der Waals surface area contributed by atoms with Crippen LogP contribution in [0.25, 0.3) is 0 Å². The van der Waals surface area contributed by atoms with Crippen molar-refractivity contribution in [2.75, 3.05) is 0 Å². The average molecular weight is 244 g/mol. The van der Waals surface area contributed by atoms with Crippen molar-refractivity contribution in [3.05, 3.63) is 33.9 Å². The van der Waals surface area contributed by atoms with Crippen LogP contribution in [0, 0.1) is 0 Å². The molecular formula is C8H6ClN3S2. The fraction of sp³-hybridized carbons (Fsp3) is 0.125. The van der Waals surface area contributed by atoms with Gasteiger partial charge in [0.25, 0.3) is 0 Å². The largest absolute Gasteiger partial charge is 0.250 e. The molecule has 2 aromatic rings. The SMILES string of the molecule is Clc1nnc(CSc2ccccn2)s1. The zero-order chi connectivity index (χ0) is 9.80. The van der Waals surface area contributed by atoms with E-state index in [9.17, 15) is 0 Å². The maximum absolute atomic E-state index is 5.66. The van der Waals surface area contributed by atoms with Crippen molar-refractivity contribution >= 4 is 34.7 Å². The molecular weight excluding hydrogens is 238 g/mol. The molecule has 2 heterocycles. The second kappa shape index (κ2) is 4.72. The normalized spacial score (nSPS) is 10.4. The molecule has 0 unspecified atom stereocenters. The Hall–Kier alpha value is -0.650. The monoisotopic (exact) mass is 243 g/mol. The third-order valence-electron chi connectivity index (χ3n) is 1.42. The van der Waals surface area contributed by atoms with Gasteiger partial charge in [-0.2, -0.15) is 0 Å². The van der Waals surface area contributed by atoms with E-state index in [0.29, 0.717) is 4.47 Å². The van der Waals surface area contributed by atoms with E-state index < -0.39 is 0 Å². The van der Waals surface area contributed by atoms with Gasteiger partial charge in [-0.25, -0.2) is 4.98 Å². The van der Waals surface area contributed by atoms with Crippen LogP contribution in [0.2, 0.25) is 4.47 Å². The van der Waals surface area contributed by atoms with E-state index in [1.165, 1.54) is 11.3 Å². The maximum atomic E-state index is 5.66. The number of thioether (sulfide) groups is 1. The van der Waals surface area contributed by atoms with Gasteiger partial charge in [0.15, 0.2) is 0 Å². The summed E-state index contributed by atoms with van der Waals surface area (Å²) in [5.41, 5.74) is 0. The van der Waals surface area contributed by atoms with Crippen molar-refractivity contribution < 1.29 is 0 Å². The molecule has 72 valence electrons. The highest BCUT2D eigenvalue weighted by Crippen LogP contribution is 2.23. The van der Waals surface area contributed by atoms with E-state index in [2.05, 4.69) is 15.2 Å². The van der Waals surface area contributed by atoms with Crippen LogP contribution in [0.15, 0.2) is 29.4 Å². The van der Waals surface area contributed by atoms with Crippen molar-refractivity contribution in [1.29, 1.82) is 0 Å². The van der Waals surface area contributed by atoms with Crippen molar-refractivity contribution in [1.82, 2.24) is 15.2 Å². The third-order valence-corrected chi connectivity index (χ3v) is 3.58. The summed E-state index contributed by atoms with van der Waals surface area (Å²) in [5.74, 6) is 0.765. The molecule has 0 N–H and O–H groups in total. The predicted molar refractivity (Wildman–Crippen MR) is 58.7 cm³/mol. The van der Waals surface area contributed by atoms with Gasteiger partial charge in [0.1, 0.15) is 5.01 Å². The van der Waals surface area contributed by atoms with Crippen molar-refractivity contribution in [3.8, 4) is 0 Å². The van der Waals surface area contributed by atoms with E-state index in [0.717, 1.165) is 15.8 Å². The molecule has 0 fully saturated rings. The fourth-order valence-corrected chi connectivity index (χ4v) is 2.57. The van der Waals surface area contributed by atoms with Crippen LogP contribution in [0.3, 0.4) is 0 Å². The van der Waals surface area contributed by atoms with Crippen LogP contribution in [-0.2, 0) is 5.75 Å². The Bertz CT molecular complexity index is 404. The minimum absolute atomic E-state index is 0.488. The summed E-state index contributed by atoms with van der Waals surface area (Å²) in [6.07, 6.45) is 1.77. The highest BCUT2D eigenvalue weighted by Gasteiger charge is 2.02. The first-order valence-electron chi connectivity index (χ1n) is 3.86. The molecule has 0 spiro atoms. The first kappa shape index (κ1) is 9.89. The number of pyridine rings is 1. The number of hydrogen-bond donors (Lipinski definition) is 0. The second-order valence-corrected chi connectivity index (χ2v) is 5.05. The molecule has 3 nitrogen and oxygen atoms in total. The highest BCUT2D eigenvalue weighted by molar-refractivity contribution is 7.98. The fourth-order valence-electron chi connectivity index (χ4n) is 0.860. The quantitative estimate of drug-likeness (QED) is 0.777. The lowest BCUT2D eigenvalue weighted by Crippen LogP contribution is -1.81. The molecule has 0 aliphatic rings. The Morgan fingerprint density at radius 1 is 1.36 bits per heavy atom. The van der Waals surface area contributed by atoms with Crippen molar-refractivity contribution in [2.45, 2.75) is 10.8 Å². The molecule has 0 atom stereocenters. The minimum Gasteiger partial charge on any atom is -0.250 e. The van der Waals surface area contributed by atoms with Gasteiger partial charge >= 0.3 is 0 Å². The Morgan fingerprint density at radius 3 is 2.93 bits per heavy atom. The number of hydrogen-bond acceptors (Lipinski definition) is 5. The lowest BCUT2D eigenvalue weighted by Gasteiger charge is -1.95. The van der Waals surface area contributed by atoms with Gasteiger partial charge in [-0.15, -0.1) is 10.2 Å². The van der Waals surface area contributed by atoms with E-state index in [4.69, 9.17) is 11.6 Å². The van der Waals surface area contributed by atoms with E-state index >= 15 is 0 Å². The summed E-state index contributed by atoms with van der Waals surface area (Å²) in [7, 11) is 0. The van der Waals surface area contributed by atoms with Gasteiger partial charge in [0, 0.05) is 6.20 Å². The van der Waals surface area contributed by atoms with Crippen LogP contribution in [0.1, 0.15) is 5.01 Å².